The number of pyridine rings is 1. The average Bonchev–Trinajstić information content (AvgIpc) is 3.42. The van der Waals surface area contributed by atoms with Gasteiger partial charge in [-0.1, -0.05) is 30.3 Å². The molecular formula is C22H16N4O3S. The van der Waals surface area contributed by atoms with Crippen LogP contribution in [-0.2, 0) is 17.9 Å². The summed E-state index contributed by atoms with van der Waals surface area (Å²) in [6.07, 6.45) is 2.96. The number of thiophene rings is 1. The standard InChI is InChI=1S/C22H16N4O3S/c27-18(23-11-15-7-4-10-29-15)12-26-13-24-19-16-8-9-17(14-5-2-1-3-6-14)25-21(16)30-20(19)22(26)28/h1-10,13H,11-12H2,(H,23,27). The van der Waals surface area contributed by atoms with Crippen LogP contribution in [0.2, 0.25) is 0 Å². The minimum absolute atomic E-state index is 0.112. The molecule has 0 saturated carbocycles. The minimum atomic E-state index is -0.291. The summed E-state index contributed by atoms with van der Waals surface area (Å²) in [6, 6.07) is 17.3. The van der Waals surface area contributed by atoms with E-state index in [9.17, 15) is 9.59 Å². The third-order valence-electron chi connectivity index (χ3n) is 4.73. The molecule has 0 saturated heterocycles. The van der Waals surface area contributed by atoms with Gasteiger partial charge in [-0.2, -0.15) is 0 Å². The molecule has 0 aliphatic heterocycles. The van der Waals surface area contributed by atoms with E-state index in [1.54, 1.807) is 18.4 Å². The molecule has 148 valence electrons. The Morgan fingerprint density at radius 3 is 2.77 bits per heavy atom. The van der Waals surface area contributed by atoms with E-state index in [4.69, 9.17) is 9.40 Å². The smallest absolute Gasteiger partial charge is 0.271 e. The van der Waals surface area contributed by atoms with E-state index in [0.717, 1.165) is 21.5 Å². The van der Waals surface area contributed by atoms with Crippen LogP contribution < -0.4 is 10.9 Å². The highest BCUT2D eigenvalue weighted by Crippen LogP contribution is 2.31. The van der Waals surface area contributed by atoms with Gasteiger partial charge in [0.25, 0.3) is 5.56 Å². The molecule has 0 bridgehead atoms. The number of hydrogen-bond donors (Lipinski definition) is 1. The van der Waals surface area contributed by atoms with Crippen molar-refractivity contribution in [1.29, 1.82) is 0 Å². The molecule has 0 aliphatic rings. The number of furan rings is 1. The Bertz CT molecular complexity index is 1410. The van der Waals surface area contributed by atoms with Gasteiger partial charge >= 0.3 is 0 Å². The van der Waals surface area contributed by atoms with E-state index in [1.807, 2.05) is 42.5 Å². The first-order valence-electron chi connectivity index (χ1n) is 9.32. The van der Waals surface area contributed by atoms with Gasteiger partial charge in [0.2, 0.25) is 5.91 Å². The van der Waals surface area contributed by atoms with Gasteiger partial charge in [0.1, 0.15) is 21.8 Å². The first kappa shape index (κ1) is 18.3. The number of carbonyl (C=O) groups excluding carboxylic acids is 1. The Labute approximate surface area is 174 Å². The van der Waals surface area contributed by atoms with Crippen LogP contribution in [0.15, 0.2) is 76.4 Å². The summed E-state index contributed by atoms with van der Waals surface area (Å²) >= 11 is 1.30. The van der Waals surface area contributed by atoms with Crippen molar-refractivity contribution in [1.82, 2.24) is 19.9 Å². The Morgan fingerprint density at radius 2 is 1.97 bits per heavy atom. The Morgan fingerprint density at radius 1 is 1.10 bits per heavy atom. The summed E-state index contributed by atoms with van der Waals surface area (Å²) < 4.78 is 6.99. The summed E-state index contributed by atoms with van der Waals surface area (Å²) in [4.78, 5) is 35.0. The van der Waals surface area contributed by atoms with Gasteiger partial charge in [0, 0.05) is 10.9 Å². The number of amides is 1. The maximum absolute atomic E-state index is 12.9. The molecule has 1 aromatic carbocycles. The van der Waals surface area contributed by atoms with Gasteiger partial charge in [-0.3, -0.25) is 14.2 Å². The summed E-state index contributed by atoms with van der Waals surface area (Å²) in [5.74, 6) is 0.356. The molecule has 0 unspecified atom stereocenters. The third-order valence-corrected chi connectivity index (χ3v) is 5.81. The zero-order chi connectivity index (χ0) is 20.5. The molecule has 0 fully saturated rings. The summed E-state index contributed by atoms with van der Waals surface area (Å²) in [6.45, 7) is 0.157. The fraction of sp³-hybridized carbons (Fsp3) is 0.0909. The van der Waals surface area contributed by atoms with Crippen molar-refractivity contribution in [2.45, 2.75) is 13.1 Å². The minimum Gasteiger partial charge on any atom is -0.467 e. The van der Waals surface area contributed by atoms with Crippen LogP contribution in [0.3, 0.4) is 0 Å². The van der Waals surface area contributed by atoms with E-state index >= 15 is 0 Å². The summed E-state index contributed by atoms with van der Waals surface area (Å²) in [7, 11) is 0. The van der Waals surface area contributed by atoms with Crippen LogP contribution >= 0.6 is 11.3 Å². The highest BCUT2D eigenvalue weighted by atomic mass is 32.1. The molecule has 0 aliphatic carbocycles. The number of fused-ring (bicyclic) bond motifs is 3. The number of rotatable bonds is 5. The first-order chi connectivity index (χ1) is 14.7. The topological polar surface area (TPSA) is 90.0 Å². The third kappa shape index (κ3) is 3.37. The van der Waals surface area contributed by atoms with Gasteiger partial charge in [-0.25, -0.2) is 9.97 Å². The monoisotopic (exact) mass is 416 g/mol. The van der Waals surface area contributed by atoms with Crippen LogP contribution in [0.5, 0.6) is 0 Å². The zero-order valence-electron chi connectivity index (χ0n) is 15.7. The molecule has 1 N–H and O–H groups in total. The predicted molar refractivity (Wildman–Crippen MR) is 115 cm³/mol. The molecule has 0 radical (unpaired) electrons. The lowest BCUT2D eigenvalue weighted by molar-refractivity contribution is -0.122. The molecule has 7 nitrogen and oxygen atoms in total. The Kier molecular flexibility index (Phi) is 4.61. The van der Waals surface area contributed by atoms with Crippen LogP contribution in [0, 0.1) is 0 Å². The van der Waals surface area contributed by atoms with Gasteiger partial charge < -0.3 is 9.73 Å². The molecule has 5 rings (SSSR count). The van der Waals surface area contributed by atoms with Crippen molar-refractivity contribution in [3.8, 4) is 11.3 Å². The normalized spacial score (nSPS) is 11.2. The average molecular weight is 416 g/mol. The first-order valence-corrected chi connectivity index (χ1v) is 10.1. The summed E-state index contributed by atoms with van der Waals surface area (Å²) in [5.41, 5.74) is 2.21. The van der Waals surface area contributed by atoms with Crippen molar-refractivity contribution in [3.05, 3.63) is 83.3 Å². The Hall–Kier alpha value is -3.78. The fourth-order valence-corrected chi connectivity index (χ4v) is 4.32. The molecule has 1 amide bonds. The van der Waals surface area contributed by atoms with Crippen molar-refractivity contribution in [2.75, 3.05) is 0 Å². The van der Waals surface area contributed by atoms with E-state index in [-0.39, 0.29) is 24.6 Å². The highest BCUT2D eigenvalue weighted by molar-refractivity contribution is 7.25. The number of hydrogen-bond acceptors (Lipinski definition) is 6. The molecule has 0 spiro atoms. The van der Waals surface area contributed by atoms with Gasteiger partial charge in [-0.05, 0) is 24.3 Å². The number of carbonyl (C=O) groups is 1. The SMILES string of the molecule is O=C(Cn1cnc2c(sc3nc(-c4ccccc4)ccc32)c1=O)NCc1ccco1. The molecule has 30 heavy (non-hydrogen) atoms. The van der Waals surface area contributed by atoms with E-state index in [1.165, 1.54) is 22.2 Å². The lowest BCUT2D eigenvalue weighted by Crippen LogP contribution is -2.31. The van der Waals surface area contributed by atoms with Gasteiger partial charge in [-0.15, -0.1) is 11.3 Å². The second-order valence-electron chi connectivity index (χ2n) is 6.73. The lowest BCUT2D eigenvalue weighted by atomic mass is 10.1. The maximum Gasteiger partial charge on any atom is 0.271 e. The van der Waals surface area contributed by atoms with E-state index in [2.05, 4.69) is 10.3 Å². The lowest BCUT2D eigenvalue weighted by Gasteiger charge is -2.06. The summed E-state index contributed by atoms with van der Waals surface area (Å²) in [5, 5.41) is 3.57. The molecule has 8 heteroatoms. The quantitative estimate of drug-likeness (QED) is 0.473. The van der Waals surface area contributed by atoms with Crippen LogP contribution in [0.4, 0.5) is 0 Å². The molecule has 0 atom stereocenters. The van der Waals surface area contributed by atoms with E-state index in [0.29, 0.717) is 16.0 Å². The van der Waals surface area contributed by atoms with Crippen LogP contribution in [0.25, 0.3) is 31.7 Å². The number of aromatic nitrogens is 3. The molecule has 4 heterocycles. The highest BCUT2D eigenvalue weighted by Gasteiger charge is 2.15. The zero-order valence-corrected chi connectivity index (χ0v) is 16.6. The molecular weight excluding hydrogens is 400 g/mol. The molecule has 5 aromatic rings. The largest absolute Gasteiger partial charge is 0.467 e. The second kappa shape index (κ2) is 7.57. The number of benzene rings is 1. The number of nitrogens with zero attached hydrogens (tertiary/aromatic N) is 3. The Balaban J connectivity index is 1.45. The van der Waals surface area contributed by atoms with E-state index < -0.39 is 0 Å². The maximum atomic E-state index is 12.9. The van der Waals surface area contributed by atoms with Crippen molar-refractivity contribution in [2.24, 2.45) is 0 Å². The van der Waals surface area contributed by atoms with Crippen molar-refractivity contribution < 1.29 is 9.21 Å². The molecule has 4 aromatic heterocycles. The second-order valence-corrected chi connectivity index (χ2v) is 7.73. The van der Waals surface area contributed by atoms with Gasteiger partial charge in [0.15, 0.2) is 0 Å². The van der Waals surface area contributed by atoms with Crippen molar-refractivity contribution in [3.63, 3.8) is 0 Å². The fourth-order valence-electron chi connectivity index (χ4n) is 3.24. The van der Waals surface area contributed by atoms with Crippen LogP contribution in [-0.4, -0.2) is 20.4 Å². The predicted octanol–water partition coefficient (Wildman–Crippen LogP) is 3.58. The van der Waals surface area contributed by atoms with Gasteiger partial charge in [0.05, 0.1) is 30.3 Å². The van der Waals surface area contributed by atoms with Crippen LogP contribution in [0.1, 0.15) is 5.76 Å². The number of nitrogens with one attached hydrogen (secondary N) is 1. The van der Waals surface area contributed by atoms with Crippen molar-refractivity contribution >= 4 is 37.7 Å².